The van der Waals surface area contributed by atoms with Gasteiger partial charge >= 0.3 is 6.36 Å². The first-order chi connectivity index (χ1) is 12.9. The normalized spacial score (nSPS) is 20.1. The molecule has 1 saturated heterocycles. The maximum absolute atomic E-state index is 12.5. The fourth-order valence-electron chi connectivity index (χ4n) is 3.45. The summed E-state index contributed by atoms with van der Waals surface area (Å²) in [6.07, 6.45) is -2.13. The number of hydrogen-bond donors (Lipinski definition) is 2. The number of hydrogen-bond acceptors (Lipinski definition) is 4. The van der Waals surface area contributed by atoms with Gasteiger partial charge in [0.25, 0.3) is 0 Å². The largest absolute Gasteiger partial charge is 0.573 e. The zero-order chi connectivity index (χ0) is 19.3. The summed E-state index contributed by atoms with van der Waals surface area (Å²) in [7, 11) is 1.52. The number of para-hydroxylation sites is 1. The Kier molecular flexibility index (Phi) is 6.11. The van der Waals surface area contributed by atoms with Crippen LogP contribution in [0.4, 0.5) is 18.9 Å². The Hall–Kier alpha value is -2.41. The van der Waals surface area contributed by atoms with E-state index in [1.165, 1.54) is 25.3 Å². The van der Waals surface area contributed by atoms with Crippen molar-refractivity contribution in [1.29, 1.82) is 0 Å². The number of benzene rings is 2. The van der Waals surface area contributed by atoms with Crippen molar-refractivity contribution in [1.82, 2.24) is 5.32 Å². The first kappa shape index (κ1) is 19.4. The molecule has 0 amide bonds. The van der Waals surface area contributed by atoms with E-state index < -0.39 is 6.36 Å². The first-order valence-electron chi connectivity index (χ1n) is 8.92. The summed E-state index contributed by atoms with van der Waals surface area (Å²) in [5, 5.41) is 6.94. The standard InChI is InChI=1S/C20H23F3N2O2/c1-26-18-10-9-17(27-20(21,22)23)13-15(18)12-14-6-5-11-24-19(14)25-16-7-3-2-4-8-16/h2-4,7-10,13-14,19,24-25H,5-6,11-12H2,1H3/t14-,19+/m0/s1. The Morgan fingerprint density at radius 3 is 2.63 bits per heavy atom. The third-order valence-corrected chi connectivity index (χ3v) is 4.65. The third kappa shape index (κ3) is 5.53. The third-order valence-electron chi connectivity index (χ3n) is 4.65. The topological polar surface area (TPSA) is 42.5 Å². The van der Waals surface area contributed by atoms with Crippen LogP contribution in [0.15, 0.2) is 48.5 Å². The highest BCUT2D eigenvalue weighted by molar-refractivity contribution is 5.44. The van der Waals surface area contributed by atoms with Gasteiger partial charge in [0.15, 0.2) is 0 Å². The van der Waals surface area contributed by atoms with Crippen LogP contribution in [0.1, 0.15) is 18.4 Å². The van der Waals surface area contributed by atoms with Crippen molar-refractivity contribution in [2.45, 2.75) is 31.8 Å². The summed E-state index contributed by atoms with van der Waals surface area (Å²) in [5.41, 5.74) is 1.70. The average molecular weight is 380 g/mol. The van der Waals surface area contributed by atoms with Gasteiger partial charge in [0.1, 0.15) is 11.5 Å². The highest BCUT2D eigenvalue weighted by atomic mass is 19.4. The summed E-state index contributed by atoms with van der Waals surface area (Å²) < 4.78 is 47.0. The molecule has 146 valence electrons. The Morgan fingerprint density at radius 2 is 1.93 bits per heavy atom. The summed E-state index contributed by atoms with van der Waals surface area (Å²) in [6, 6.07) is 14.1. The second-order valence-electron chi connectivity index (χ2n) is 6.57. The molecule has 2 aromatic rings. The summed E-state index contributed by atoms with van der Waals surface area (Å²) >= 11 is 0. The molecule has 1 aliphatic heterocycles. The molecule has 27 heavy (non-hydrogen) atoms. The van der Waals surface area contributed by atoms with Crippen LogP contribution in [-0.4, -0.2) is 26.2 Å². The van der Waals surface area contributed by atoms with Gasteiger partial charge in [-0.25, -0.2) is 0 Å². The molecule has 3 rings (SSSR count). The van der Waals surface area contributed by atoms with E-state index in [1.54, 1.807) is 0 Å². The van der Waals surface area contributed by atoms with Crippen molar-refractivity contribution < 1.29 is 22.6 Å². The number of ether oxygens (including phenoxy) is 2. The van der Waals surface area contributed by atoms with Crippen LogP contribution in [0.3, 0.4) is 0 Å². The van der Waals surface area contributed by atoms with Gasteiger partial charge in [-0.2, -0.15) is 0 Å². The molecular weight excluding hydrogens is 357 g/mol. The molecule has 1 fully saturated rings. The molecule has 0 spiro atoms. The second-order valence-corrected chi connectivity index (χ2v) is 6.57. The van der Waals surface area contributed by atoms with Crippen molar-refractivity contribution in [3.05, 3.63) is 54.1 Å². The van der Waals surface area contributed by atoms with Crippen LogP contribution in [0.2, 0.25) is 0 Å². The van der Waals surface area contributed by atoms with Gasteiger partial charge in [-0.15, -0.1) is 13.2 Å². The quantitative estimate of drug-likeness (QED) is 0.770. The molecule has 4 nitrogen and oxygen atoms in total. The van der Waals surface area contributed by atoms with E-state index in [0.717, 1.165) is 25.1 Å². The fourth-order valence-corrected chi connectivity index (χ4v) is 3.45. The molecule has 1 aliphatic rings. The minimum absolute atomic E-state index is 0.0260. The number of nitrogens with one attached hydrogen (secondary N) is 2. The van der Waals surface area contributed by atoms with Crippen molar-refractivity contribution in [2.75, 3.05) is 19.0 Å². The van der Waals surface area contributed by atoms with Crippen molar-refractivity contribution >= 4 is 5.69 Å². The lowest BCUT2D eigenvalue weighted by Crippen LogP contribution is -2.47. The summed E-state index contributed by atoms with van der Waals surface area (Å²) in [5.74, 6) is 0.539. The lowest BCUT2D eigenvalue weighted by atomic mass is 9.88. The Labute approximate surface area is 156 Å². The van der Waals surface area contributed by atoms with E-state index in [-0.39, 0.29) is 17.8 Å². The number of piperidine rings is 1. The highest BCUT2D eigenvalue weighted by Gasteiger charge is 2.32. The molecule has 0 radical (unpaired) electrons. The molecule has 2 aromatic carbocycles. The van der Waals surface area contributed by atoms with E-state index >= 15 is 0 Å². The highest BCUT2D eigenvalue weighted by Crippen LogP contribution is 2.32. The van der Waals surface area contributed by atoms with Gasteiger partial charge in [0.05, 0.1) is 13.3 Å². The SMILES string of the molecule is COc1ccc(OC(F)(F)F)cc1C[C@@H]1CCCN[C@@H]1Nc1ccccc1. The van der Waals surface area contributed by atoms with Gasteiger partial charge in [0.2, 0.25) is 0 Å². The van der Waals surface area contributed by atoms with E-state index in [1.807, 2.05) is 30.3 Å². The van der Waals surface area contributed by atoms with Crippen LogP contribution in [0.5, 0.6) is 11.5 Å². The molecular formula is C20H23F3N2O2. The van der Waals surface area contributed by atoms with Gasteiger partial charge in [-0.1, -0.05) is 18.2 Å². The molecule has 7 heteroatoms. The van der Waals surface area contributed by atoms with Crippen LogP contribution in [0.25, 0.3) is 0 Å². The van der Waals surface area contributed by atoms with Crippen LogP contribution >= 0.6 is 0 Å². The molecule has 0 saturated carbocycles. The number of methoxy groups -OCH3 is 1. The molecule has 2 atom stereocenters. The van der Waals surface area contributed by atoms with Gasteiger partial charge in [-0.3, -0.25) is 5.32 Å². The zero-order valence-corrected chi connectivity index (χ0v) is 15.1. The molecule has 0 aromatic heterocycles. The number of alkyl halides is 3. The van der Waals surface area contributed by atoms with Crippen LogP contribution in [-0.2, 0) is 6.42 Å². The van der Waals surface area contributed by atoms with E-state index in [4.69, 9.17) is 4.74 Å². The molecule has 0 unspecified atom stereocenters. The Bertz CT molecular complexity index is 738. The Morgan fingerprint density at radius 1 is 1.15 bits per heavy atom. The van der Waals surface area contributed by atoms with Gasteiger partial charge in [-0.05, 0) is 67.6 Å². The van der Waals surface area contributed by atoms with E-state index in [2.05, 4.69) is 15.4 Å². The summed E-state index contributed by atoms with van der Waals surface area (Å²) in [6.45, 7) is 0.898. The summed E-state index contributed by atoms with van der Waals surface area (Å²) in [4.78, 5) is 0. The van der Waals surface area contributed by atoms with Crippen LogP contribution in [0, 0.1) is 5.92 Å². The molecule has 0 aliphatic carbocycles. The maximum Gasteiger partial charge on any atom is 0.573 e. The van der Waals surface area contributed by atoms with Crippen molar-refractivity contribution in [2.24, 2.45) is 5.92 Å². The number of rotatable bonds is 6. The molecule has 2 N–H and O–H groups in total. The van der Waals surface area contributed by atoms with Crippen LogP contribution < -0.4 is 20.1 Å². The lowest BCUT2D eigenvalue weighted by molar-refractivity contribution is -0.274. The van der Waals surface area contributed by atoms with Gasteiger partial charge in [0, 0.05) is 5.69 Å². The van der Waals surface area contributed by atoms with Crippen molar-refractivity contribution in [3.8, 4) is 11.5 Å². The fraction of sp³-hybridized carbons (Fsp3) is 0.400. The smallest absolute Gasteiger partial charge is 0.496 e. The van der Waals surface area contributed by atoms with E-state index in [9.17, 15) is 13.2 Å². The maximum atomic E-state index is 12.5. The molecule has 0 bridgehead atoms. The predicted octanol–water partition coefficient (Wildman–Crippen LogP) is 4.57. The van der Waals surface area contributed by atoms with Crippen molar-refractivity contribution in [3.63, 3.8) is 0 Å². The predicted molar refractivity (Wildman–Crippen MR) is 98.0 cm³/mol. The minimum atomic E-state index is -4.71. The zero-order valence-electron chi connectivity index (χ0n) is 15.1. The molecule has 1 heterocycles. The lowest BCUT2D eigenvalue weighted by Gasteiger charge is -2.34. The minimum Gasteiger partial charge on any atom is -0.496 e. The van der Waals surface area contributed by atoms with E-state index in [0.29, 0.717) is 17.7 Å². The van der Waals surface area contributed by atoms with Gasteiger partial charge < -0.3 is 14.8 Å². The number of anilines is 1. The Balaban J connectivity index is 1.77. The first-order valence-corrected chi connectivity index (χ1v) is 8.92. The monoisotopic (exact) mass is 380 g/mol. The second kappa shape index (κ2) is 8.52. The average Bonchev–Trinajstić information content (AvgIpc) is 2.63. The number of halogens is 3.